The van der Waals surface area contributed by atoms with Gasteiger partial charge in [-0.1, -0.05) is 12.8 Å². The Kier molecular flexibility index (Phi) is 3.70. The van der Waals surface area contributed by atoms with Gasteiger partial charge in [-0.05, 0) is 54.9 Å². The molecule has 1 spiro atoms. The lowest BCUT2D eigenvalue weighted by molar-refractivity contribution is 0.226. The number of hydrogen-bond acceptors (Lipinski definition) is 1. The van der Waals surface area contributed by atoms with Crippen LogP contribution in [0, 0.1) is 11.2 Å². The van der Waals surface area contributed by atoms with Crippen molar-refractivity contribution in [3.8, 4) is 0 Å². The monoisotopic (exact) mass is 281 g/mol. The molecule has 2 aliphatic rings. The summed E-state index contributed by atoms with van der Waals surface area (Å²) in [4.78, 5) is 2.39. The summed E-state index contributed by atoms with van der Waals surface area (Å²) in [5.41, 5.74) is 2.67. The van der Waals surface area contributed by atoms with Gasteiger partial charge in [-0.3, -0.25) is 0 Å². The molecule has 3 heteroatoms. The van der Waals surface area contributed by atoms with Crippen molar-refractivity contribution in [2.75, 3.05) is 18.0 Å². The van der Waals surface area contributed by atoms with Crippen molar-refractivity contribution in [3.63, 3.8) is 0 Å². The van der Waals surface area contributed by atoms with E-state index in [1.54, 1.807) is 12.1 Å². The van der Waals surface area contributed by atoms with E-state index in [9.17, 15) is 4.39 Å². The lowest BCUT2D eigenvalue weighted by Crippen LogP contribution is -2.39. The largest absolute Gasteiger partial charge is 0.371 e. The Labute approximate surface area is 119 Å². The number of rotatable bonds is 2. The van der Waals surface area contributed by atoms with Crippen LogP contribution < -0.4 is 4.90 Å². The van der Waals surface area contributed by atoms with E-state index in [-0.39, 0.29) is 5.82 Å². The molecule has 1 aliphatic heterocycles. The van der Waals surface area contributed by atoms with Gasteiger partial charge in [0.15, 0.2) is 0 Å². The minimum atomic E-state index is -0.191. The summed E-state index contributed by atoms with van der Waals surface area (Å²) in [6.07, 6.45) is 8.20. The van der Waals surface area contributed by atoms with Gasteiger partial charge in [0.2, 0.25) is 0 Å². The number of hydrogen-bond donors (Lipinski definition) is 0. The van der Waals surface area contributed by atoms with Gasteiger partial charge in [0.25, 0.3) is 0 Å². The molecule has 3 rings (SSSR count). The van der Waals surface area contributed by atoms with Gasteiger partial charge in [-0.15, -0.1) is 11.6 Å². The van der Waals surface area contributed by atoms with Crippen molar-refractivity contribution in [2.45, 2.75) is 44.4 Å². The lowest BCUT2D eigenvalue weighted by Gasteiger charge is -2.41. The standard InChI is InChI=1S/C16H21ClFN/c17-12-13-11-14(18)3-4-15(13)19-9-7-16(8-10-19)5-1-2-6-16/h3-4,11H,1-2,5-10,12H2. The van der Waals surface area contributed by atoms with Crippen molar-refractivity contribution in [3.05, 3.63) is 29.6 Å². The summed E-state index contributed by atoms with van der Waals surface area (Å²) in [7, 11) is 0. The fourth-order valence-corrected chi connectivity index (χ4v) is 4.03. The molecule has 1 saturated carbocycles. The second-order valence-electron chi connectivity index (χ2n) is 6.10. The molecule has 1 nitrogen and oxygen atoms in total. The van der Waals surface area contributed by atoms with E-state index in [0.717, 1.165) is 24.3 Å². The molecule has 0 aromatic heterocycles. The van der Waals surface area contributed by atoms with E-state index in [2.05, 4.69) is 4.90 Å². The number of nitrogens with zero attached hydrogens (tertiary/aromatic N) is 1. The molecule has 0 amide bonds. The third kappa shape index (κ3) is 2.60. The average Bonchev–Trinajstić information content (AvgIpc) is 2.88. The molecular formula is C16H21ClFN. The molecule has 1 aromatic carbocycles. The highest BCUT2D eigenvalue weighted by Crippen LogP contribution is 2.46. The lowest BCUT2D eigenvalue weighted by atomic mass is 9.77. The Morgan fingerprint density at radius 2 is 1.79 bits per heavy atom. The summed E-state index contributed by atoms with van der Waals surface area (Å²) in [5, 5.41) is 0. The molecule has 0 bridgehead atoms. The fourth-order valence-electron chi connectivity index (χ4n) is 3.82. The van der Waals surface area contributed by atoms with Crippen LogP contribution >= 0.6 is 11.6 Å². The van der Waals surface area contributed by atoms with Crippen molar-refractivity contribution in [1.82, 2.24) is 0 Å². The summed E-state index contributed by atoms with van der Waals surface area (Å²) in [6.45, 7) is 2.19. The van der Waals surface area contributed by atoms with Gasteiger partial charge in [0, 0.05) is 24.7 Å². The number of alkyl halides is 1. The van der Waals surface area contributed by atoms with Crippen molar-refractivity contribution in [1.29, 1.82) is 0 Å². The summed E-state index contributed by atoms with van der Waals surface area (Å²) < 4.78 is 13.3. The van der Waals surface area contributed by atoms with Crippen LogP contribution in [0.25, 0.3) is 0 Å². The minimum Gasteiger partial charge on any atom is -0.371 e. The summed E-state index contributed by atoms with van der Waals surface area (Å²) >= 11 is 5.95. The van der Waals surface area contributed by atoms with Crippen LogP contribution in [-0.2, 0) is 5.88 Å². The smallest absolute Gasteiger partial charge is 0.123 e. The molecule has 19 heavy (non-hydrogen) atoms. The van der Waals surface area contributed by atoms with Gasteiger partial charge in [0.05, 0.1) is 0 Å². The fraction of sp³-hybridized carbons (Fsp3) is 0.625. The zero-order valence-electron chi connectivity index (χ0n) is 11.3. The molecule has 1 aliphatic carbocycles. The minimum absolute atomic E-state index is 0.191. The highest BCUT2D eigenvalue weighted by Gasteiger charge is 2.37. The van der Waals surface area contributed by atoms with Gasteiger partial charge in [-0.2, -0.15) is 0 Å². The van der Waals surface area contributed by atoms with Gasteiger partial charge >= 0.3 is 0 Å². The first-order chi connectivity index (χ1) is 9.22. The highest BCUT2D eigenvalue weighted by atomic mass is 35.5. The normalized spacial score (nSPS) is 22.1. The van der Waals surface area contributed by atoms with E-state index < -0.39 is 0 Å². The Bertz CT molecular complexity index is 444. The Balaban J connectivity index is 1.74. The predicted octanol–water partition coefficient (Wildman–Crippen LogP) is 4.73. The van der Waals surface area contributed by atoms with Gasteiger partial charge in [0.1, 0.15) is 5.82 Å². The number of piperidine rings is 1. The van der Waals surface area contributed by atoms with Crippen LogP contribution in [-0.4, -0.2) is 13.1 Å². The molecule has 0 N–H and O–H groups in total. The summed E-state index contributed by atoms with van der Waals surface area (Å²) in [6, 6.07) is 5.01. The third-order valence-corrected chi connectivity index (χ3v) is 5.30. The Morgan fingerprint density at radius 3 is 2.42 bits per heavy atom. The quantitative estimate of drug-likeness (QED) is 0.709. The molecule has 1 saturated heterocycles. The van der Waals surface area contributed by atoms with Gasteiger partial charge < -0.3 is 4.90 Å². The second kappa shape index (κ2) is 5.32. The van der Waals surface area contributed by atoms with Crippen LogP contribution in [0.5, 0.6) is 0 Å². The van der Waals surface area contributed by atoms with Crippen LogP contribution in [0.3, 0.4) is 0 Å². The highest BCUT2D eigenvalue weighted by molar-refractivity contribution is 6.17. The molecule has 104 valence electrons. The molecule has 1 heterocycles. The zero-order chi connectivity index (χ0) is 13.3. The van der Waals surface area contributed by atoms with Crippen molar-refractivity contribution < 1.29 is 4.39 Å². The van der Waals surface area contributed by atoms with E-state index in [4.69, 9.17) is 11.6 Å². The van der Waals surface area contributed by atoms with E-state index >= 15 is 0 Å². The number of anilines is 1. The molecule has 0 unspecified atom stereocenters. The van der Waals surface area contributed by atoms with Crippen LogP contribution in [0.2, 0.25) is 0 Å². The molecule has 2 fully saturated rings. The Hall–Kier alpha value is -0.760. The zero-order valence-corrected chi connectivity index (χ0v) is 12.1. The molecule has 1 aromatic rings. The second-order valence-corrected chi connectivity index (χ2v) is 6.37. The molecular weight excluding hydrogens is 261 g/mol. The van der Waals surface area contributed by atoms with E-state index in [1.165, 1.54) is 38.5 Å². The molecule has 0 radical (unpaired) electrons. The van der Waals surface area contributed by atoms with Crippen molar-refractivity contribution >= 4 is 17.3 Å². The first-order valence-corrected chi connectivity index (χ1v) is 7.85. The number of benzene rings is 1. The van der Waals surface area contributed by atoms with Crippen LogP contribution in [0.4, 0.5) is 10.1 Å². The van der Waals surface area contributed by atoms with Crippen molar-refractivity contribution in [2.24, 2.45) is 5.41 Å². The maximum atomic E-state index is 13.3. The number of halogens is 2. The first kappa shape index (κ1) is 13.2. The summed E-state index contributed by atoms with van der Waals surface area (Å²) in [5.74, 6) is 0.193. The maximum Gasteiger partial charge on any atom is 0.123 e. The van der Waals surface area contributed by atoms with Crippen LogP contribution in [0.15, 0.2) is 18.2 Å². The first-order valence-electron chi connectivity index (χ1n) is 7.32. The SMILES string of the molecule is Fc1ccc(N2CCC3(CCCC3)CC2)c(CCl)c1. The van der Waals surface area contributed by atoms with E-state index in [1.807, 2.05) is 6.07 Å². The maximum absolute atomic E-state index is 13.3. The van der Waals surface area contributed by atoms with Crippen LogP contribution in [0.1, 0.15) is 44.1 Å². The predicted molar refractivity (Wildman–Crippen MR) is 78.3 cm³/mol. The topological polar surface area (TPSA) is 3.24 Å². The Morgan fingerprint density at radius 1 is 1.11 bits per heavy atom. The molecule has 0 atom stereocenters. The van der Waals surface area contributed by atoms with E-state index in [0.29, 0.717) is 11.3 Å². The third-order valence-electron chi connectivity index (χ3n) is 5.01. The average molecular weight is 282 g/mol. The van der Waals surface area contributed by atoms with Gasteiger partial charge in [-0.25, -0.2) is 4.39 Å².